The summed E-state index contributed by atoms with van der Waals surface area (Å²) in [5, 5.41) is 2.39. The summed E-state index contributed by atoms with van der Waals surface area (Å²) < 4.78 is 5.08. The molecule has 4 heteroatoms. The molecule has 0 aromatic rings. The molecule has 1 atom stereocenters. The van der Waals surface area contributed by atoms with Crippen LogP contribution in [0.3, 0.4) is 0 Å². The first-order chi connectivity index (χ1) is 8.13. The van der Waals surface area contributed by atoms with Crippen molar-refractivity contribution in [1.29, 1.82) is 0 Å². The van der Waals surface area contributed by atoms with Gasteiger partial charge in [0.05, 0.1) is 6.61 Å². The van der Waals surface area contributed by atoms with Crippen LogP contribution in [0, 0.1) is 5.92 Å². The maximum absolute atomic E-state index is 11.3. The first-order valence-corrected chi connectivity index (χ1v) is 6.20. The van der Waals surface area contributed by atoms with Gasteiger partial charge in [0.2, 0.25) is 5.91 Å². The summed E-state index contributed by atoms with van der Waals surface area (Å²) in [5.74, 6) is -0.337. The lowest BCUT2D eigenvalue weighted by Crippen LogP contribution is -2.16. The minimum absolute atomic E-state index is 0.306. The van der Waals surface area contributed by atoms with Crippen molar-refractivity contribution in [1.82, 2.24) is 5.32 Å². The van der Waals surface area contributed by atoms with Crippen molar-refractivity contribution in [3.63, 3.8) is 0 Å². The standard InChI is InChI=1S/C13H23NO3/c1-4-6-7-11(5-2)10-17-13(16)9-8-12(15)14-3/h8-9,11H,4-7,10H2,1-3H3,(H,14,15)/b9-8-. The van der Waals surface area contributed by atoms with E-state index in [-0.39, 0.29) is 5.91 Å². The van der Waals surface area contributed by atoms with Gasteiger partial charge in [-0.1, -0.05) is 33.1 Å². The van der Waals surface area contributed by atoms with Crippen LogP contribution in [0.2, 0.25) is 0 Å². The molecule has 4 nitrogen and oxygen atoms in total. The highest BCUT2D eigenvalue weighted by molar-refractivity contribution is 5.94. The van der Waals surface area contributed by atoms with E-state index >= 15 is 0 Å². The summed E-state index contributed by atoms with van der Waals surface area (Å²) >= 11 is 0. The molecule has 1 N–H and O–H groups in total. The Balaban J connectivity index is 3.88. The number of ether oxygens (including phenoxy) is 1. The Morgan fingerprint density at radius 2 is 2.00 bits per heavy atom. The molecule has 0 saturated heterocycles. The first kappa shape index (κ1) is 15.7. The van der Waals surface area contributed by atoms with Gasteiger partial charge in [-0.05, 0) is 12.3 Å². The fraction of sp³-hybridized carbons (Fsp3) is 0.692. The lowest BCUT2D eigenvalue weighted by Gasteiger charge is -2.13. The Hall–Kier alpha value is -1.32. The van der Waals surface area contributed by atoms with E-state index in [4.69, 9.17) is 4.74 Å². The van der Waals surface area contributed by atoms with E-state index < -0.39 is 5.97 Å². The lowest BCUT2D eigenvalue weighted by atomic mass is 10.0. The molecule has 0 aromatic heterocycles. The Morgan fingerprint density at radius 1 is 1.29 bits per heavy atom. The molecule has 0 aliphatic carbocycles. The fourth-order valence-corrected chi connectivity index (χ4v) is 1.37. The predicted molar refractivity (Wildman–Crippen MR) is 67.5 cm³/mol. The van der Waals surface area contributed by atoms with Crippen LogP contribution < -0.4 is 5.32 Å². The van der Waals surface area contributed by atoms with Crippen LogP contribution in [0.5, 0.6) is 0 Å². The van der Waals surface area contributed by atoms with Gasteiger partial charge in [0.25, 0.3) is 0 Å². The molecule has 0 bridgehead atoms. The average Bonchev–Trinajstić information content (AvgIpc) is 2.36. The first-order valence-electron chi connectivity index (χ1n) is 6.20. The van der Waals surface area contributed by atoms with Gasteiger partial charge in [0, 0.05) is 19.2 Å². The summed E-state index contributed by atoms with van der Waals surface area (Å²) in [7, 11) is 1.51. The van der Waals surface area contributed by atoms with E-state index in [1.165, 1.54) is 13.1 Å². The second kappa shape index (κ2) is 9.87. The third-order valence-corrected chi connectivity index (χ3v) is 2.62. The lowest BCUT2D eigenvalue weighted by molar-refractivity contribution is -0.139. The molecule has 1 amide bonds. The number of hydrogen-bond acceptors (Lipinski definition) is 3. The van der Waals surface area contributed by atoms with Crippen LogP contribution in [0.1, 0.15) is 39.5 Å². The molecule has 98 valence electrons. The molecule has 1 unspecified atom stereocenters. The number of unbranched alkanes of at least 4 members (excludes halogenated alkanes) is 1. The van der Waals surface area contributed by atoms with Crippen molar-refractivity contribution in [3.05, 3.63) is 12.2 Å². The maximum Gasteiger partial charge on any atom is 0.330 e. The third kappa shape index (κ3) is 8.48. The van der Waals surface area contributed by atoms with E-state index in [1.807, 2.05) is 0 Å². The summed E-state index contributed by atoms with van der Waals surface area (Å²) in [6.45, 7) is 4.67. The molecule has 0 saturated carbocycles. The van der Waals surface area contributed by atoms with Crippen LogP contribution >= 0.6 is 0 Å². The molecular weight excluding hydrogens is 218 g/mol. The zero-order valence-electron chi connectivity index (χ0n) is 11.0. The van der Waals surface area contributed by atoms with Crippen molar-refractivity contribution in [2.45, 2.75) is 39.5 Å². The number of rotatable bonds is 8. The summed E-state index contributed by atoms with van der Waals surface area (Å²) in [6.07, 6.45) is 6.73. The zero-order valence-corrected chi connectivity index (χ0v) is 11.0. The van der Waals surface area contributed by atoms with Crippen LogP contribution in [0.15, 0.2) is 12.2 Å². The maximum atomic E-state index is 11.3. The van der Waals surface area contributed by atoms with Crippen molar-refractivity contribution < 1.29 is 14.3 Å². The van der Waals surface area contributed by atoms with Gasteiger partial charge in [0.1, 0.15) is 0 Å². The molecule has 0 rings (SSSR count). The van der Waals surface area contributed by atoms with Crippen LogP contribution in [-0.4, -0.2) is 25.5 Å². The molecule has 0 aliphatic rings. The van der Waals surface area contributed by atoms with E-state index in [9.17, 15) is 9.59 Å². The summed E-state index contributed by atoms with van der Waals surface area (Å²) in [6, 6.07) is 0. The number of carbonyl (C=O) groups excluding carboxylic acids is 2. The number of esters is 1. The van der Waals surface area contributed by atoms with Crippen LogP contribution in [-0.2, 0) is 14.3 Å². The predicted octanol–water partition coefficient (Wildman–Crippen LogP) is 2.05. The van der Waals surface area contributed by atoms with Crippen LogP contribution in [0.25, 0.3) is 0 Å². The fourth-order valence-electron chi connectivity index (χ4n) is 1.37. The van der Waals surface area contributed by atoms with Gasteiger partial charge in [0.15, 0.2) is 0 Å². The number of carbonyl (C=O) groups is 2. The van der Waals surface area contributed by atoms with Gasteiger partial charge in [-0.25, -0.2) is 4.79 Å². The van der Waals surface area contributed by atoms with Crippen molar-refractivity contribution in [3.8, 4) is 0 Å². The number of amides is 1. The normalized spacial score (nSPS) is 12.4. The Morgan fingerprint density at radius 3 is 2.53 bits per heavy atom. The molecule has 0 fully saturated rings. The van der Waals surface area contributed by atoms with E-state index in [0.29, 0.717) is 12.5 Å². The monoisotopic (exact) mass is 241 g/mol. The second-order valence-electron chi connectivity index (χ2n) is 3.99. The molecule has 0 aliphatic heterocycles. The van der Waals surface area contributed by atoms with Gasteiger partial charge in [-0.2, -0.15) is 0 Å². The minimum Gasteiger partial charge on any atom is -0.462 e. The van der Waals surface area contributed by atoms with Crippen molar-refractivity contribution >= 4 is 11.9 Å². The Labute approximate surface area is 103 Å². The number of nitrogens with one attached hydrogen (secondary N) is 1. The van der Waals surface area contributed by atoms with Gasteiger partial charge in [-0.3, -0.25) is 4.79 Å². The van der Waals surface area contributed by atoms with Crippen molar-refractivity contribution in [2.24, 2.45) is 5.92 Å². The number of likely N-dealkylation sites (N-methyl/N-ethyl adjacent to an activating group) is 1. The molecule has 0 radical (unpaired) electrons. The second-order valence-corrected chi connectivity index (χ2v) is 3.99. The molecule has 0 heterocycles. The smallest absolute Gasteiger partial charge is 0.330 e. The van der Waals surface area contributed by atoms with E-state index in [1.54, 1.807) is 0 Å². The van der Waals surface area contributed by atoms with Gasteiger partial charge < -0.3 is 10.1 Å². The highest BCUT2D eigenvalue weighted by atomic mass is 16.5. The SMILES string of the molecule is CCCCC(CC)COC(=O)/C=C\C(=O)NC. The summed E-state index contributed by atoms with van der Waals surface area (Å²) in [5.41, 5.74) is 0. The minimum atomic E-state index is -0.455. The van der Waals surface area contributed by atoms with E-state index in [2.05, 4.69) is 19.2 Å². The largest absolute Gasteiger partial charge is 0.462 e. The average molecular weight is 241 g/mol. The van der Waals surface area contributed by atoms with Crippen LogP contribution in [0.4, 0.5) is 0 Å². The zero-order chi connectivity index (χ0) is 13.1. The van der Waals surface area contributed by atoms with Crippen molar-refractivity contribution in [2.75, 3.05) is 13.7 Å². The molecular formula is C13H23NO3. The third-order valence-electron chi connectivity index (χ3n) is 2.62. The highest BCUT2D eigenvalue weighted by Crippen LogP contribution is 2.12. The molecule has 17 heavy (non-hydrogen) atoms. The quantitative estimate of drug-likeness (QED) is 0.522. The molecule has 0 spiro atoms. The Kier molecular flexibility index (Phi) is 9.11. The molecule has 0 aromatic carbocycles. The highest BCUT2D eigenvalue weighted by Gasteiger charge is 2.08. The number of hydrogen-bond donors (Lipinski definition) is 1. The topological polar surface area (TPSA) is 55.4 Å². The van der Waals surface area contributed by atoms with Gasteiger partial charge in [-0.15, -0.1) is 0 Å². The van der Waals surface area contributed by atoms with E-state index in [0.717, 1.165) is 31.8 Å². The summed E-state index contributed by atoms with van der Waals surface area (Å²) in [4.78, 5) is 22.1. The Bertz CT molecular complexity index is 261. The van der Waals surface area contributed by atoms with Gasteiger partial charge >= 0.3 is 5.97 Å².